The summed E-state index contributed by atoms with van der Waals surface area (Å²) in [6.45, 7) is -2.72. The molecule has 9 heteroatoms. The average molecular weight is 385 g/mol. The summed E-state index contributed by atoms with van der Waals surface area (Å²) in [6, 6.07) is 7.76. The highest BCUT2D eigenvalue weighted by Crippen LogP contribution is 2.29. The van der Waals surface area contributed by atoms with Gasteiger partial charge in [0.2, 0.25) is 0 Å². The van der Waals surface area contributed by atoms with E-state index >= 15 is 0 Å². The Morgan fingerprint density at radius 3 is 2.44 bits per heavy atom. The van der Waals surface area contributed by atoms with Gasteiger partial charge in [0.05, 0.1) is 7.11 Å². The van der Waals surface area contributed by atoms with Crippen molar-refractivity contribution < 1.29 is 27.0 Å². The molecule has 0 aliphatic rings. The van der Waals surface area contributed by atoms with Crippen molar-refractivity contribution in [2.45, 2.75) is 19.7 Å². The predicted molar refractivity (Wildman–Crippen MR) is 93.0 cm³/mol. The predicted octanol–water partition coefficient (Wildman–Crippen LogP) is 3.44. The lowest BCUT2D eigenvalue weighted by Gasteiger charge is -2.14. The molecular formula is C18H19F4N3O2. The van der Waals surface area contributed by atoms with Crippen molar-refractivity contribution in [3.63, 3.8) is 0 Å². The van der Waals surface area contributed by atoms with E-state index in [0.29, 0.717) is 11.5 Å². The Hall–Kier alpha value is -2.97. The monoisotopic (exact) mass is 385 g/mol. The molecule has 0 bridgehead atoms. The summed E-state index contributed by atoms with van der Waals surface area (Å²) in [5, 5.41) is 5.80. The molecule has 0 amide bonds. The Labute approximate surface area is 154 Å². The Bertz CT molecular complexity index is 800. The Morgan fingerprint density at radius 1 is 1.04 bits per heavy atom. The third-order valence-corrected chi connectivity index (χ3v) is 3.58. The molecule has 5 nitrogen and oxygen atoms in total. The Kier molecular flexibility index (Phi) is 7.27. The second kappa shape index (κ2) is 9.65. The molecule has 0 heterocycles. The molecule has 27 heavy (non-hydrogen) atoms. The standard InChI is InChI=1S/C18H19F4N3O2/c1-23-18(25-10-12-8-13(19)4-5-14(12)20)24-9-11-3-6-15(26-2)16(7-11)27-17(21)22/h3-8,17H,9-10H2,1-2H3,(H2,23,24,25). The fourth-order valence-electron chi connectivity index (χ4n) is 2.28. The molecule has 2 rings (SSSR count). The molecule has 2 aromatic carbocycles. The summed E-state index contributed by atoms with van der Waals surface area (Å²) < 4.78 is 61.2. The first-order valence-electron chi connectivity index (χ1n) is 7.93. The van der Waals surface area contributed by atoms with Crippen molar-refractivity contribution in [2.75, 3.05) is 14.2 Å². The van der Waals surface area contributed by atoms with Crippen molar-refractivity contribution in [1.82, 2.24) is 10.6 Å². The lowest BCUT2D eigenvalue weighted by molar-refractivity contribution is -0.0512. The summed E-state index contributed by atoms with van der Waals surface area (Å²) in [4.78, 5) is 3.98. The van der Waals surface area contributed by atoms with Crippen LogP contribution in [0, 0.1) is 11.6 Å². The Morgan fingerprint density at radius 2 is 1.78 bits per heavy atom. The molecule has 0 radical (unpaired) electrons. The molecule has 0 aromatic heterocycles. The summed E-state index contributed by atoms with van der Waals surface area (Å²) in [7, 11) is 2.86. The number of halogens is 4. The first kappa shape index (κ1) is 20.3. The molecule has 2 N–H and O–H groups in total. The quantitative estimate of drug-likeness (QED) is 0.436. The van der Waals surface area contributed by atoms with Gasteiger partial charge in [-0.2, -0.15) is 8.78 Å². The number of ether oxygens (including phenoxy) is 2. The van der Waals surface area contributed by atoms with Gasteiger partial charge in [-0.15, -0.1) is 0 Å². The molecule has 0 saturated carbocycles. The van der Waals surface area contributed by atoms with Crippen LogP contribution in [0.25, 0.3) is 0 Å². The van der Waals surface area contributed by atoms with Crippen LogP contribution < -0.4 is 20.1 Å². The summed E-state index contributed by atoms with van der Waals surface area (Å²) in [5.74, 6) is -0.658. The molecule has 0 spiro atoms. The van der Waals surface area contributed by atoms with Crippen LogP contribution in [0.2, 0.25) is 0 Å². The van der Waals surface area contributed by atoms with E-state index in [0.717, 1.165) is 18.2 Å². The molecule has 0 aliphatic heterocycles. The van der Waals surface area contributed by atoms with Crippen molar-refractivity contribution in [2.24, 2.45) is 4.99 Å². The maximum Gasteiger partial charge on any atom is 0.387 e. The van der Waals surface area contributed by atoms with E-state index in [-0.39, 0.29) is 30.2 Å². The maximum atomic E-state index is 13.6. The van der Waals surface area contributed by atoms with Gasteiger partial charge >= 0.3 is 6.61 Å². The highest BCUT2D eigenvalue weighted by Gasteiger charge is 2.12. The highest BCUT2D eigenvalue weighted by molar-refractivity contribution is 5.79. The van der Waals surface area contributed by atoms with Crippen LogP contribution >= 0.6 is 0 Å². The van der Waals surface area contributed by atoms with Gasteiger partial charge in [-0.1, -0.05) is 6.07 Å². The molecule has 2 aromatic rings. The molecule has 0 aliphatic carbocycles. The van der Waals surface area contributed by atoms with Gasteiger partial charge in [-0.3, -0.25) is 4.99 Å². The molecule has 0 fully saturated rings. The number of rotatable bonds is 7. The largest absolute Gasteiger partial charge is 0.493 e. The van der Waals surface area contributed by atoms with Crippen molar-refractivity contribution in [1.29, 1.82) is 0 Å². The fourth-order valence-corrected chi connectivity index (χ4v) is 2.28. The minimum atomic E-state index is -2.97. The smallest absolute Gasteiger partial charge is 0.387 e. The van der Waals surface area contributed by atoms with Gasteiger partial charge in [-0.05, 0) is 35.9 Å². The number of benzene rings is 2. The number of alkyl halides is 2. The van der Waals surface area contributed by atoms with E-state index in [1.165, 1.54) is 26.3 Å². The second-order valence-electron chi connectivity index (χ2n) is 5.38. The van der Waals surface area contributed by atoms with E-state index in [4.69, 9.17) is 4.74 Å². The topological polar surface area (TPSA) is 54.9 Å². The van der Waals surface area contributed by atoms with Crippen LogP contribution in [0.3, 0.4) is 0 Å². The van der Waals surface area contributed by atoms with E-state index in [2.05, 4.69) is 20.4 Å². The SMILES string of the molecule is CN=C(NCc1ccc(OC)c(OC(F)F)c1)NCc1cc(F)ccc1F. The van der Waals surface area contributed by atoms with Crippen LogP contribution in [0.5, 0.6) is 11.5 Å². The number of hydrogen-bond acceptors (Lipinski definition) is 3. The minimum absolute atomic E-state index is 0.0195. The number of methoxy groups -OCH3 is 1. The highest BCUT2D eigenvalue weighted by atomic mass is 19.3. The Balaban J connectivity index is 1.98. The zero-order valence-electron chi connectivity index (χ0n) is 14.7. The third-order valence-electron chi connectivity index (χ3n) is 3.58. The lowest BCUT2D eigenvalue weighted by Crippen LogP contribution is -2.36. The van der Waals surface area contributed by atoms with E-state index in [1.54, 1.807) is 6.07 Å². The maximum absolute atomic E-state index is 13.6. The van der Waals surface area contributed by atoms with Gasteiger partial charge < -0.3 is 20.1 Å². The number of guanidine groups is 1. The molecule has 0 saturated heterocycles. The first-order chi connectivity index (χ1) is 12.9. The van der Waals surface area contributed by atoms with Crippen LogP contribution in [-0.2, 0) is 13.1 Å². The lowest BCUT2D eigenvalue weighted by atomic mass is 10.2. The van der Waals surface area contributed by atoms with Gasteiger partial charge in [0.1, 0.15) is 11.6 Å². The van der Waals surface area contributed by atoms with E-state index < -0.39 is 18.2 Å². The number of nitrogens with one attached hydrogen (secondary N) is 2. The summed E-state index contributed by atoms with van der Waals surface area (Å²) >= 11 is 0. The van der Waals surface area contributed by atoms with Crippen molar-refractivity contribution in [3.8, 4) is 11.5 Å². The molecule has 0 atom stereocenters. The van der Waals surface area contributed by atoms with Gasteiger partial charge in [0.15, 0.2) is 17.5 Å². The summed E-state index contributed by atoms with van der Waals surface area (Å²) in [6.07, 6.45) is 0. The molecule has 0 unspecified atom stereocenters. The molecule has 146 valence electrons. The average Bonchev–Trinajstić information content (AvgIpc) is 2.64. The van der Waals surface area contributed by atoms with Gasteiger partial charge in [0.25, 0.3) is 0 Å². The van der Waals surface area contributed by atoms with E-state index in [1.807, 2.05) is 0 Å². The minimum Gasteiger partial charge on any atom is -0.493 e. The van der Waals surface area contributed by atoms with Crippen LogP contribution in [0.15, 0.2) is 41.4 Å². The van der Waals surface area contributed by atoms with Gasteiger partial charge in [-0.25, -0.2) is 8.78 Å². The zero-order chi connectivity index (χ0) is 19.8. The third kappa shape index (κ3) is 6.05. The van der Waals surface area contributed by atoms with Crippen molar-refractivity contribution in [3.05, 3.63) is 59.2 Å². The van der Waals surface area contributed by atoms with E-state index in [9.17, 15) is 17.6 Å². The first-order valence-corrected chi connectivity index (χ1v) is 7.93. The summed E-state index contributed by atoms with van der Waals surface area (Å²) in [5.41, 5.74) is 0.779. The van der Waals surface area contributed by atoms with Gasteiger partial charge in [0, 0.05) is 25.7 Å². The van der Waals surface area contributed by atoms with Crippen molar-refractivity contribution >= 4 is 5.96 Å². The molecular weight excluding hydrogens is 366 g/mol. The second-order valence-corrected chi connectivity index (χ2v) is 5.38. The zero-order valence-corrected chi connectivity index (χ0v) is 14.7. The normalized spacial score (nSPS) is 11.4. The van der Waals surface area contributed by atoms with Crippen LogP contribution in [0.4, 0.5) is 17.6 Å². The number of nitrogens with zero attached hydrogens (tertiary/aromatic N) is 1. The number of hydrogen-bond donors (Lipinski definition) is 2. The van der Waals surface area contributed by atoms with Crippen LogP contribution in [0.1, 0.15) is 11.1 Å². The fraction of sp³-hybridized carbons (Fsp3) is 0.278. The van der Waals surface area contributed by atoms with Crippen LogP contribution in [-0.4, -0.2) is 26.7 Å². The number of aliphatic imine (C=N–C) groups is 1.